The molecule has 94 valence electrons. The van der Waals surface area contributed by atoms with Crippen LogP contribution in [0.5, 0.6) is 0 Å². The van der Waals surface area contributed by atoms with Crippen LogP contribution in [0.3, 0.4) is 0 Å². The van der Waals surface area contributed by atoms with Gasteiger partial charge < -0.3 is 0 Å². The summed E-state index contributed by atoms with van der Waals surface area (Å²) in [5.41, 5.74) is 0.196. The van der Waals surface area contributed by atoms with Crippen molar-refractivity contribution < 1.29 is 8.42 Å². The van der Waals surface area contributed by atoms with Crippen LogP contribution in [-0.4, -0.2) is 15.0 Å². The molecule has 1 aliphatic rings. The molecule has 1 aliphatic carbocycles. The van der Waals surface area contributed by atoms with Crippen LogP contribution in [0.4, 0.5) is 0 Å². The molecule has 0 spiro atoms. The van der Waals surface area contributed by atoms with Crippen LogP contribution < -0.4 is 4.72 Å². The van der Waals surface area contributed by atoms with E-state index < -0.39 is 10.0 Å². The van der Waals surface area contributed by atoms with Crippen LogP contribution in [0, 0.1) is 11.3 Å². The van der Waals surface area contributed by atoms with Crippen LogP contribution in [0.1, 0.15) is 26.7 Å². The fourth-order valence-corrected chi connectivity index (χ4v) is 3.20. The Morgan fingerprint density at radius 3 is 2.29 bits per heavy atom. The largest absolute Gasteiger partial charge is 0.240 e. The first kappa shape index (κ1) is 12.6. The Bertz CT molecular complexity index is 475. The van der Waals surface area contributed by atoms with Crippen molar-refractivity contribution in [1.82, 2.24) is 4.72 Å². The second-order valence-electron chi connectivity index (χ2n) is 5.15. The third-order valence-corrected chi connectivity index (χ3v) is 5.20. The van der Waals surface area contributed by atoms with Crippen molar-refractivity contribution in [2.24, 2.45) is 11.3 Å². The molecule has 1 saturated carbocycles. The lowest BCUT2D eigenvalue weighted by Crippen LogP contribution is -2.32. The molecule has 0 radical (unpaired) electrons. The second kappa shape index (κ2) is 4.42. The van der Waals surface area contributed by atoms with E-state index in [4.69, 9.17) is 0 Å². The normalized spacial score (nSPS) is 18.3. The van der Waals surface area contributed by atoms with Gasteiger partial charge in [-0.1, -0.05) is 32.0 Å². The van der Waals surface area contributed by atoms with Crippen molar-refractivity contribution in [3.8, 4) is 0 Å². The summed E-state index contributed by atoms with van der Waals surface area (Å²) in [4.78, 5) is 0.347. The number of hydrogen-bond donors (Lipinski definition) is 1. The SMILES string of the molecule is CC(C)C1(CNS(=O)(=O)c2ccccc2)CC1. The molecule has 0 aromatic heterocycles. The summed E-state index contributed by atoms with van der Waals surface area (Å²) in [5.74, 6) is 0.529. The lowest BCUT2D eigenvalue weighted by Gasteiger charge is -2.19. The van der Waals surface area contributed by atoms with E-state index in [0.717, 1.165) is 12.8 Å². The minimum atomic E-state index is -3.34. The van der Waals surface area contributed by atoms with Crippen molar-refractivity contribution >= 4 is 10.0 Å². The highest BCUT2D eigenvalue weighted by Gasteiger charge is 2.45. The van der Waals surface area contributed by atoms with Crippen LogP contribution in [-0.2, 0) is 10.0 Å². The molecule has 1 N–H and O–H groups in total. The zero-order valence-electron chi connectivity index (χ0n) is 10.3. The molecule has 1 aromatic rings. The lowest BCUT2D eigenvalue weighted by atomic mass is 9.93. The highest BCUT2D eigenvalue weighted by atomic mass is 32.2. The number of hydrogen-bond acceptors (Lipinski definition) is 2. The first-order valence-corrected chi connectivity index (χ1v) is 7.49. The molecular formula is C13H19NO2S. The predicted molar refractivity (Wildman–Crippen MR) is 68.1 cm³/mol. The Hall–Kier alpha value is -0.870. The molecule has 0 aliphatic heterocycles. The summed E-state index contributed by atoms with van der Waals surface area (Å²) in [5, 5.41) is 0. The summed E-state index contributed by atoms with van der Waals surface area (Å²) in [6.07, 6.45) is 2.25. The summed E-state index contributed by atoms with van der Waals surface area (Å²) >= 11 is 0. The maximum absolute atomic E-state index is 12.0. The average Bonchev–Trinajstić information content (AvgIpc) is 3.09. The molecule has 1 fully saturated rings. The Morgan fingerprint density at radius 1 is 1.24 bits per heavy atom. The molecule has 2 rings (SSSR count). The molecular weight excluding hydrogens is 234 g/mol. The Balaban J connectivity index is 2.05. The summed E-state index contributed by atoms with van der Waals surface area (Å²) in [6, 6.07) is 8.54. The average molecular weight is 253 g/mol. The van der Waals surface area contributed by atoms with Gasteiger partial charge in [0.25, 0.3) is 0 Å². The number of sulfonamides is 1. The number of nitrogens with one attached hydrogen (secondary N) is 1. The van der Waals surface area contributed by atoms with Gasteiger partial charge in [-0.3, -0.25) is 0 Å². The molecule has 0 amide bonds. The molecule has 0 bridgehead atoms. The van der Waals surface area contributed by atoms with E-state index in [-0.39, 0.29) is 5.41 Å². The third kappa shape index (κ3) is 2.69. The minimum Gasteiger partial charge on any atom is -0.211 e. The van der Waals surface area contributed by atoms with Crippen molar-refractivity contribution in [1.29, 1.82) is 0 Å². The van der Waals surface area contributed by atoms with Gasteiger partial charge in [0.1, 0.15) is 0 Å². The first-order chi connectivity index (χ1) is 7.96. The number of benzene rings is 1. The van der Waals surface area contributed by atoms with Gasteiger partial charge in [0.05, 0.1) is 4.90 Å². The van der Waals surface area contributed by atoms with E-state index in [9.17, 15) is 8.42 Å². The van der Waals surface area contributed by atoms with E-state index >= 15 is 0 Å². The van der Waals surface area contributed by atoms with E-state index in [1.54, 1.807) is 24.3 Å². The van der Waals surface area contributed by atoms with Gasteiger partial charge in [-0.2, -0.15) is 0 Å². The number of rotatable bonds is 5. The van der Waals surface area contributed by atoms with Gasteiger partial charge >= 0.3 is 0 Å². The predicted octanol–water partition coefficient (Wildman–Crippen LogP) is 2.40. The second-order valence-corrected chi connectivity index (χ2v) is 6.92. The molecule has 0 unspecified atom stereocenters. The van der Waals surface area contributed by atoms with E-state index in [0.29, 0.717) is 17.4 Å². The molecule has 0 atom stereocenters. The van der Waals surface area contributed by atoms with Gasteiger partial charge in [-0.25, -0.2) is 13.1 Å². The zero-order chi connectivity index (χ0) is 12.5. The van der Waals surface area contributed by atoms with Crippen molar-refractivity contribution in [2.45, 2.75) is 31.6 Å². The summed E-state index contributed by atoms with van der Waals surface area (Å²) in [6.45, 7) is 4.87. The Kier molecular flexibility index (Phi) is 3.27. The fourth-order valence-electron chi connectivity index (χ4n) is 2.04. The summed E-state index contributed by atoms with van der Waals surface area (Å²) in [7, 11) is -3.34. The maximum atomic E-state index is 12.0. The van der Waals surface area contributed by atoms with Crippen LogP contribution in [0.15, 0.2) is 35.2 Å². The maximum Gasteiger partial charge on any atom is 0.240 e. The molecule has 4 heteroatoms. The minimum absolute atomic E-state index is 0.196. The Morgan fingerprint density at radius 2 is 1.82 bits per heavy atom. The van der Waals surface area contributed by atoms with Gasteiger partial charge in [0.15, 0.2) is 0 Å². The topological polar surface area (TPSA) is 46.2 Å². The third-order valence-electron chi connectivity index (χ3n) is 3.78. The van der Waals surface area contributed by atoms with E-state index in [1.807, 2.05) is 6.07 Å². The Labute approximate surface area is 103 Å². The zero-order valence-corrected chi connectivity index (χ0v) is 11.1. The highest BCUT2D eigenvalue weighted by Crippen LogP contribution is 2.51. The fraction of sp³-hybridized carbons (Fsp3) is 0.538. The lowest BCUT2D eigenvalue weighted by molar-refractivity contribution is 0.357. The van der Waals surface area contributed by atoms with Gasteiger partial charge in [0.2, 0.25) is 10.0 Å². The van der Waals surface area contributed by atoms with Gasteiger partial charge in [-0.05, 0) is 36.3 Å². The van der Waals surface area contributed by atoms with E-state index in [1.165, 1.54) is 0 Å². The summed E-state index contributed by atoms with van der Waals surface area (Å²) < 4.78 is 26.8. The molecule has 1 aromatic carbocycles. The smallest absolute Gasteiger partial charge is 0.211 e. The molecule has 0 saturated heterocycles. The molecule has 17 heavy (non-hydrogen) atoms. The highest BCUT2D eigenvalue weighted by molar-refractivity contribution is 7.89. The first-order valence-electron chi connectivity index (χ1n) is 6.01. The van der Waals surface area contributed by atoms with Gasteiger partial charge in [-0.15, -0.1) is 0 Å². The monoisotopic (exact) mass is 253 g/mol. The molecule has 0 heterocycles. The van der Waals surface area contributed by atoms with Crippen molar-refractivity contribution in [2.75, 3.05) is 6.54 Å². The van der Waals surface area contributed by atoms with Crippen LogP contribution in [0.2, 0.25) is 0 Å². The van der Waals surface area contributed by atoms with Crippen molar-refractivity contribution in [3.63, 3.8) is 0 Å². The quantitative estimate of drug-likeness (QED) is 0.876. The van der Waals surface area contributed by atoms with Crippen molar-refractivity contribution in [3.05, 3.63) is 30.3 Å². The standard InChI is InChI=1S/C13H19NO2S/c1-11(2)13(8-9-13)10-14-17(15,16)12-6-4-3-5-7-12/h3-7,11,14H,8-10H2,1-2H3. The molecule has 3 nitrogen and oxygen atoms in total. The van der Waals surface area contributed by atoms with Gasteiger partial charge in [0, 0.05) is 6.54 Å². The van der Waals surface area contributed by atoms with Crippen LogP contribution in [0.25, 0.3) is 0 Å². The van der Waals surface area contributed by atoms with Crippen LogP contribution >= 0.6 is 0 Å². The van der Waals surface area contributed by atoms with E-state index in [2.05, 4.69) is 18.6 Å².